The topological polar surface area (TPSA) is 91.3 Å². The number of rotatable bonds is 0. The number of aliphatic hydroxyl groups excluding tert-OH is 1. The summed E-state index contributed by atoms with van der Waals surface area (Å²) in [7, 11) is 1.89. The van der Waals surface area contributed by atoms with Crippen LogP contribution in [0, 0.1) is 11.3 Å². The number of nitrogens with one attached hydrogen (secondary N) is 1. The molecule has 1 saturated carbocycles. The van der Waals surface area contributed by atoms with Crippen molar-refractivity contribution in [3.05, 3.63) is 30.0 Å². The van der Waals surface area contributed by atoms with Gasteiger partial charge in [0.25, 0.3) is 0 Å². The number of ether oxygens (including phenoxy) is 2. The van der Waals surface area contributed by atoms with Gasteiger partial charge < -0.3 is 24.8 Å². The Hall–Kier alpha value is -2.58. The Bertz CT molecular complexity index is 1260. The van der Waals surface area contributed by atoms with E-state index in [4.69, 9.17) is 9.47 Å². The highest BCUT2D eigenvalue weighted by Crippen LogP contribution is 2.72. The number of anilines is 1. The highest BCUT2D eigenvalue weighted by Gasteiger charge is 2.80. The molecule has 6 aliphatic heterocycles. The van der Waals surface area contributed by atoms with Gasteiger partial charge in [0.05, 0.1) is 29.0 Å². The van der Waals surface area contributed by atoms with E-state index in [0.717, 1.165) is 18.5 Å². The van der Waals surface area contributed by atoms with E-state index in [-0.39, 0.29) is 17.7 Å². The summed E-state index contributed by atoms with van der Waals surface area (Å²) in [6.45, 7) is 9.79. The molecule has 1 aromatic carbocycles. The number of nitrogens with zero attached hydrogens (tertiary/aromatic N) is 2. The second-order valence-electron chi connectivity index (χ2n) is 12.9. The predicted molar refractivity (Wildman–Crippen MR) is 133 cm³/mol. The second kappa shape index (κ2) is 6.45. The van der Waals surface area contributed by atoms with Crippen molar-refractivity contribution in [3.8, 4) is 11.5 Å². The quantitative estimate of drug-likeness (QED) is 0.578. The molecule has 5 fully saturated rings. The largest absolute Gasteiger partial charge is 0.480 e. The summed E-state index contributed by atoms with van der Waals surface area (Å²) in [6.07, 6.45) is 5.45. The molecule has 0 aromatic heterocycles. The molecule has 7 aliphatic rings. The maximum Gasteiger partial charge on any atom is 0.246 e. The lowest BCUT2D eigenvalue weighted by molar-refractivity contribution is -0.215. The van der Waals surface area contributed by atoms with E-state index in [0.29, 0.717) is 43.0 Å². The number of likely N-dealkylation sites (N-methyl/N-ethyl adjacent to an activating group) is 1. The molecule has 4 saturated heterocycles. The molecular formula is C28H35N3O5. The number of amides is 2. The predicted octanol–water partition coefficient (Wildman–Crippen LogP) is 2.80. The average molecular weight is 494 g/mol. The van der Waals surface area contributed by atoms with E-state index in [1.165, 1.54) is 0 Å². The zero-order chi connectivity index (χ0) is 25.5. The number of hydrogen-bond acceptors (Lipinski definition) is 6. The first-order valence-electron chi connectivity index (χ1n) is 13.1. The molecule has 1 aromatic rings. The normalized spacial score (nSPS) is 41.1. The molecule has 192 valence electrons. The van der Waals surface area contributed by atoms with E-state index < -0.39 is 33.6 Å². The zero-order valence-electron chi connectivity index (χ0n) is 21.7. The first-order chi connectivity index (χ1) is 16.9. The molecule has 5 atom stereocenters. The van der Waals surface area contributed by atoms with Crippen molar-refractivity contribution in [1.29, 1.82) is 0 Å². The van der Waals surface area contributed by atoms with Crippen LogP contribution in [0.15, 0.2) is 24.5 Å². The van der Waals surface area contributed by atoms with Crippen LogP contribution in [0.3, 0.4) is 0 Å². The SMILES string of the molecule is CN1C(=O)[C@]23C[C@@H]4C(C)(C)[C@@]5(C[C@@]41CN2CCC[C@H]3O)C(=O)Nc1c5ccc2c1OC=CC(C)(C)O2. The standard InChI is InChI=1S/C28H35N3O5/c1-24(2)10-12-35-21-17(36-24)9-8-16-20(21)29-22(33)27(16)14-26-15-31-11-6-7-19(32)28(31,23(34)30(26)5)13-18(26)25(27,3)4/h8-10,12,18-19,32H,6-7,11,13-15H2,1-5H3,(H,29,33)/t18-,19-,26-,27-,28-/m1/s1. The molecule has 8 heteroatoms. The van der Waals surface area contributed by atoms with Crippen LogP contribution < -0.4 is 14.8 Å². The van der Waals surface area contributed by atoms with Crippen LogP contribution in [0.1, 0.15) is 58.9 Å². The van der Waals surface area contributed by atoms with Gasteiger partial charge in [0, 0.05) is 13.6 Å². The zero-order valence-corrected chi connectivity index (χ0v) is 21.7. The van der Waals surface area contributed by atoms with Gasteiger partial charge in [-0.15, -0.1) is 0 Å². The van der Waals surface area contributed by atoms with Crippen molar-refractivity contribution < 1.29 is 24.2 Å². The van der Waals surface area contributed by atoms with Gasteiger partial charge in [-0.2, -0.15) is 0 Å². The lowest BCUT2D eigenvalue weighted by Gasteiger charge is -2.67. The molecular weight excluding hydrogens is 458 g/mol. The lowest BCUT2D eigenvalue weighted by atomic mass is 9.55. The van der Waals surface area contributed by atoms with Crippen LogP contribution in [0.25, 0.3) is 0 Å². The Labute approximate surface area is 211 Å². The van der Waals surface area contributed by atoms with Gasteiger partial charge in [-0.3, -0.25) is 14.5 Å². The fraction of sp³-hybridized carbons (Fsp3) is 0.643. The van der Waals surface area contributed by atoms with E-state index in [2.05, 4.69) is 24.1 Å². The van der Waals surface area contributed by atoms with Gasteiger partial charge in [-0.25, -0.2) is 0 Å². The van der Waals surface area contributed by atoms with Crippen LogP contribution in [0.5, 0.6) is 11.5 Å². The number of piperazine rings is 1. The highest BCUT2D eigenvalue weighted by atomic mass is 16.5. The number of fused-ring (bicyclic) bond motifs is 5. The summed E-state index contributed by atoms with van der Waals surface area (Å²) in [5.41, 5.74) is -1.63. The Morgan fingerprint density at radius 2 is 1.94 bits per heavy atom. The maximum atomic E-state index is 14.2. The van der Waals surface area contributed by atoms with E-state index in [1.807, 2.05) is 44.0 Å². The summed E-state index contributed by atoms with van der Waals surface area (Å²) in [5, 5.41) is 14.4. The molecule has 0 unspecified atom stereocenters. The van der Waals surface area contributed by atoms with Crippen molar-refractivity contribution in [1.82, 2.24) is 9.80 Å². The summed E-state index contributed by atoms with van der Waals surface area (Å²) in [5.74, 6) is 1.15. The summed E-state index contributed by atoms with van der Waals surface area (Å²) in [6, 6.07) is 3.93. The number of hydrogen-bond donors (Lipinski definition) is 2. The summed E-state index contributed by atoms with van der Waals surface area (Å²) >= 11 is 0. The second-order valence-corrected chi connectivity index (χ2v) is 12.9. The van der Waals surface area contributed by atoms with Crippen LogP contribution >= 0.6 is 0 Å². The van der Waals surface area contributed by atoms with Gasteiger partial charge in [0.2, 0.25) is 11.8 Å². The third-order valence-electron chi connectivity index (χ3n) is 10.8. The van der Waals surface area contributed by atoms with Crippen LogP contribution in [-0.2, 0) is 15.0 Å². The molecule has 2 bridgehead atoms. The molecule has 2 amide bonds. The van der Waals surface area contributed by atoms with Gasteiger partial charge in [0.1, 0.15) is 11.1 Å². The van der Waals surface area contributed by atoms with Crippen molar-refractivity contribution in [2.24, 2.45) is 11.3 Å². The first-order valence-corrected chi connectivity index (χ1v) is 13.1. The monoisotopic (exact) mass is 493 g/mol. The fourth-order valence-electron chi connectivity index (χ4n) is 8.94. The van der Waals surface area contributed by atoms with E-state index in [1.54, 1.807) is 6.26 Å². The lowest BCUT2D eigenvalue weighted by Crippen LogP contribution is -2.83. The number of carbonyl (C=O) groups is 2. The van der Waals surface area contributed by atoms with Gasteiger partial charge in [-0.1, -0.05) is 19.9 Å². The first kappa shape index (κ1) is 22.6. The van der Waals surface area contributed by atoms with Gasteiger partial charge in [0.15, 0.2) is 11.5 Å². The maximum absolute atomic E-state index is 14.2. The minimum atomic E-state index is -0.888. The number of carbonyl (C=O) groups excluding carboxylic acids is 2. The molecule has 36 heavy (non-hydrogen) atoms. The van der Waals surface area contributed by atoms with E-state index in [9.17, 15) is 14.7 Å². The van der Waals surface area contributed by atoms with Crippen molar-refractivity contribution in [3.63, 3.8) is 0 Å². The molecule has 6 heterocycles. The van der Waals surface area contributed by atoms with Gasteiger partial charge in [-0.05, 0) is 75.1 Å². The molecule has 0 radical (unpaired) electrons. The van der Waals surface area contributed by atoms with Crippen molar-refractivity contribution in [2.45, 2.75) is 81.6 Å². The van der Waals surface area contributed by atoms with E-state index >= 15 is 0 Å². The Morgan fingerprint density at radius 1 is 1.17 bits per heavy atom. The summed E-state index contributed by atoms with van der Waals surface area (Å²) in [4.78, 5) is 32.2. The van der Waals surface area contributed by atoms with Crippen LogP contribution in [-0.4, -0.2) is 69.6 Å². The average Bonchev–Trinajstić information content (AvgIpc) is 3.13. The minimum absolute atomic E-state index is 0.00899. The third-order valence-corrected chi connectivity index (χ3v) is 10.8. The molecule has 3 spiro atoms. The Kier molecular flexibility index (Phi) is 4.05. The van der Waals surface area contributed by atoms with Gasteiger partial charge >= 0.3 is 0 Å². The van der Waals surface area contributed by atoms with Crippen molar-refractivity contribution >= 4 is 17.5 Å². The number of benzene rings is 1. The molecule has 1 aliphatic carbocycles. The molecule has 8 rings (SSSR count). The highest BCUT2D eigenvalue weighted by molar-refractivity contribution is 6.09. The Balaban J connectivity index is 1.41. The smallest absolute Gasteiger partial charge is 0.246 e. The van der Waals surface area contributed by atoms with Crippen LogP contribution in [0.2, 0.25) is 0 Å². The minimum Gasteiger partial charge on any atom is -0.480 e. The number of aliphatic hydroxyl groups is 1. The fourth-order valence-corrected chi connectivity index (χ4v) is 8.94. The van der Waals surface area contributed by atoms with Crippen molar-refractivity contribution in [2.75, 3.05) is 25.5 Å². The molecule has 8 nitrogen and oxygen atoms in total. The van der Waals surface area contributed by atoms with Crippen LogP contribution in [0.4, 0.5) is 5.69 Å². The summed E-state index contributed by atoms with van der Waals surface area (Å²) < 4.78 is 12.2. The Morgan fingerprint density at radius 3 is 2.72 bits per heavy atom. The third kappa shape index (κ3) is 2.26. The number of piperidine rings is 3. The molecule has 2 N–H and O–H groups in total.